The molecule has 2 fully saturated rings. The second-order valence-electron chi connectivity index (χ2n) is 11.5. The van der Waals surface area contributed by atoms with E-state index in [2.05, 4.69) is 27.5 Å². The Morgan fingerprint density at radius 1 is 0.848 bits per heavy atom. The molecule has 2 aliphatic rings. The number of aryl methyl sites for hydroxylation is 1. The summed E-state index contributed by atoms with van der Waals surface area (Å²) < 4.78 is 11.1. The minimum Gasteiger partial charge on any atom is -0.479 e. The van der Waals surface area contributed by atoms with Crippen molar-refractivity contribution in [2.45, 2.75) is 44.1 Å². The van der Waals surface area contributed by atoms with Crippen LogP contribution < -0.4 is 20.3 Å². The first-order chi connectivity index (χ1) is 22.0. The fourth-order valence-electron chi connectivity index (χ4n) is 5.46. The Balaban J connectivity index is 1.44. The standard InChI is InChI=1S/C33H38N4O9/c1-19-6-3-7-21(18-19)34-31(42)23-8-4-9-24(45-33-28(40)26(38)27(39)29(46-33)32(43)44)25(23)35-30(41)20-10-12-22(13-11-20)37-15-5-14-36(2)16-17-37/h3-4,6-13,18,26-29,33,38-40H,5,14-17H2,1-2H3,(H,34,42)(H,35,41)(H,43,44)/t26-,27-,28+,29-,33+/m0/s1. The number of aliphatic carboxylic acids is 1. The lowest BCUT2D eigenvalue weighted by molar-refractivity contribution is -0.271. The third-order valence-corrected chi connectivity index (χ3v) is 8.06. The Bertz CT molecular complexity index is 1570. The Kier molecular flexibility index (Phi) is 10.2. The minimum absolute atomic E-state index is 0.00155. The number of anilines is 3. The summed E-state index contributed by atoms with van der Waals surface area (Å²) >= 11 is 0. The van der Waals surface area contributed by atoms with E-state index in [1.54, 1.807) is 30.3 Å². The van der Waals surface area contributed by atoms with E-state index < -0.39 is 48.5 Å². The predicted octanol–water partition coefficient (Wildman–Crippen LogP) is 1.91. The van der Waals surface area contributed by atoms with Crippen LogP contribution in [0.25, 0.3) is 0 Å². The molecule has 2 heterocycles. The zero-order valence-corrected chi connectivity index (χ0v) is 25.5. The van der Waals surface area contributed by atoms with Crippen LogP contribution in [0.1, 0.15) is 32.7 Å². The number of carboxylic acids is 1. The molecule has 0 bridgehead atoms. The van der Waals surface area contributed by atoms with Gasteiger partial charge in [-0.3, -0.25) is 9.59 Å². The van der Waals surface area contributed by atoms with E-state index in [1.807, 2.05) is 25.1 Å². The number of carboxylic acid groups (broad SMARTS) is 1. The molecule has 2 saturated heterocycles. The van der Waals surface area contributed by atoms with Gasteiger partial charge in [-0.2, -0.15) is 0 Å². The molecule has 0 saturated carbocycles. The molecule has 2 aliphatic heterocycles. The third kappa shape index (κ3) is 7.46. The van der Waals surface area contributed by atoms with E-state index in [-0.39, 0.29) is 17.0 Å². The van der Waals surface area contributed by atoms with Crippen molar-refractivity contribution in [3.8, 4) is 5.75 Å². The fraction of sp³-hybridized carbons (Fsp3) is 0.364. The maximum Gasteiger partial charge on any atom is 0.335 e. The quantitative estimate of drug-likeness (QED) is 0.213. The molecule has 13 nitrogen and oxygen atoms in total. The van der Waals surface area contributed by atoms with Gasteiger partial charge in [0.05, 0.1) is 11.3 Å². The smallest absolute Gasteiger partial charge is 0.335 e. The van der Waals surface area contributed by atoms with Crippen LogP contribution >= 0.6 is 0 Å². The summed E-state index contributed by atoms with van der Waals surface area (Å²) in [6, 6.07) is 18.5. The number of hydrogen-bond acceptors (Lipinski definition) is 10. The lowest BCUT2D eigenvalue weighted by atomic mass is 9.99. The van der Waals surface area contributed by atoms with Gasteiger partial charge in [-0.15, -0.1) is 0 Å². The number of aliphatic hydroxyl groups excluding tert-OH is 3. The fourth-order valence-corrected chi connectivity index (χ4v) is 5.46. The van der Waals surface area contributed by atoms with Gasteiger partial charge < -0.3 is 50.3 Å². The van der Waals surface area contributed by atoms with E-state index in [9.17, 15) is 34.8 Å². The highest BCUT2D eigenvalue weighted by molar-refractivity contribution is 6.13. The van der Waals surface area contributed by atoms with Gasteiger partial charge in [-0.1, -0.05) is 18.2 Å². The zero-order valence-electron chi connectivity index (χ0n) is 25.5. The number of nitrogens with one attached hydrogen (secondary N) is 2. The highest BCUT2D eigenvalue weighted by Gasteiger charge is 2.48. The largest absolute Gasteiger partial charge is 0.479 e. The molecular formula is C33H38N4O9. The maximum atomic E-state index is 13.6. The minimum atomic E-state index is -1.92. The first-order valence-electron chi connectivity index (χ1n) is 15.0. The topological polar surface area (TPSA) is 181 Å². The highest BCUT2D eigenvalue weighted by atomic mass is 16.7. The molecule has 0 aliphatic carbocycles. The molecule has 3 aromatic rings. The van der Waals surface area contributed by atoms with Gasteiger partial charge in [0.15, 0.2) is 6.10 Å². The number of rotatable bonds is 8. The van der Waals surface area contributed by atoms with Gasteiger partial charge in [0, 0.05) is 36.6 Å². The van der Waals surface area contributed by atoms with Crippen molar-refractivity contribution < 1.29 is 44.3 Å². The van der Waals surface area contributed by atoms with E-state index in [4.69, 9.17) is 9.47 Å². The summed E-state index contributed by atoms with van der Waals surface area (Å²) in [4.78, 5) is 43.3. The van der Waals surface area contributed by atoms with Gasteiger partial charge >= 0.3 is 5.97 Å². The molecule has 6 N–H and O–H groups in total. The molecule has 0 radical (unpaired) electrons. The molecule has 2 amide bonds. The number of nitrogens with zero attached hydrogens (tertiary/aromatic N) is 2. The van der Waals surface area contributed by atoms with Crippen LogP contribution in [-0.4, -0.2) is 107 Å². The van der Waals surface area contributed by atoms with Gasteiger partial charge in [0.2, 0.25) is 6.29 Å². The molecule has 244 valence electrons. The summed E-state index contributed by atoms with van der Waals surface area (Å²) in [5.41, 5.74) is 2.62. The average molecular weight is 635 g/mol. The summed E-state index contributed by atoms with van der Waals surface area (Å²) in [5.74, 6) is -2.88. The molecule has 5 atom stereocenters. The van der Waals surface area contributed by atoms with Crippen molar-refractivity contribution in [1.82, 2.24) is 4.90 Å². The molecule has 13 heteroatoms. The Morgan fingerprint density at radius 3 is 2.30 bits per heavy atom. The molecule has 5 rings (SSSR count). The van der Waals surface area contributed by atoms with E-state index in [0.29, 0.717) is 11.3 Å². The SMILES string of the molecule is Cc1cccc(NC(=O)c2cccc(O[C@@H]3O[C@H](C(=O)O)[C@@H](O)[C@H](O)[C@H]3O)c2NC(=O)c2ccc(N3CCCN(C)CC3)cc2)c1. The summed E-state index contributed by atoms with van der Waals surface area (Å²) in [7, 11) is 2.09. The van der Waals surface area contributed by atoms with Crippen molar-refractivity contribution in [1.29, 1.82) is 0 Å². The van der Waals surface area contributed by atoms with Crippen LogP contribution in [0.4, 0.5) is 17.1 Å². The highest BCUT2D eigenvalue weighted by Crippen LogP contribution is 2.34. The monoisotopic (exact) mass is 634 g/mol. The number of likely N-dealkylation sites (N-methyl/N-ethyl adjacent to an activating group) is 1. The van der Waals surface area contributed by atoms with Gasteiger partial charge in [-0.25, -0.2) is 4.79 Å². The first-order valence-corrected chi connectivity index (χ1v) is 15.0. The van der Waals surface area contributed by atoms with Crippen molar-refractivity contribution >= 4 is 34.8 Å². The number of carbonyl (C=O) groups excluding carboxylic acids is 2. The van der Waals surface area contributed by atoms with Crippen LogP contribution in [0.2, 0.25) is 0 Å². The number of amides is 2. The Labute approximate surface area is 266 Å². The number of benzene rings is 3. The van der Waals surface area contributed by atoms with Crippen LogP contribution in [0.15, 0.2) is 66.7 Å². The average Bonchev–Trinajstić information content (AvgIpc) is 3.26. The second kappa shape index (κ2) is 14.3. The maximum absolute atomic E-state index is 13.6. The number of para-hydroxylation sites is 1. The Morgan fingerprint density at radius 2 is 1.59 bits per heavy atom. The van der Waals surface area contributed by atoms with Crippen LogP contribution in [0.5, 0.6) is 5.75 Å². The molecular weight excluding hydrogens is 596 g/mol. The summed E-state index contributed by atoms with van der Waals surface area (Å²) in [6.45, 7) is 5.56. The summed E-state index contributed by atoms with van der Waals surface area (Å²) in [5, 5.41) is 45.9. The van der Waals surface area contributed by atoms with Gasteiger partial charge in [0.25, 0.3) is 11.8 Å². The van der Waals surface area contributed by atoms with E-state index in [1.165, 1.54) is 18.2 Å². The number of ether oxygens (including phenoxy) is 2. The lowest BCUT2D eigenvalue weighted by Crippen LogP contribution is -2.61. The van der Waals surface area contributed by atoms with Gasteiger partial charge in [0.1, 0.15) is 24.1 Å². The molecule has 3 aromatic carbocycles. The number of hydrogen-bond donors (Lipinski definition) is 6. The van der Waals surface area contributed by atoms with Crippen LogP contribution in [-0.2, 0) is 9.53 Å². The van der Waals surface area contributed by atoms with Crippen molar-refractivity contribution in [2.75, 3.05) is 48.8 Å². The van der Waals surface area contributed by atoms with E-state index in [0.717, 1.165) is 43.9 Å². The van der Waals surface area contributed by atoms with Crippen LogP contribution in [0, 0.1) is 6.92 Å². The Hall–Kier alpha value is -4.53. The van der Waals surface area contributed by atoms with Gasteiger partial charge in [-0.05, 0) is 81.0 Å². The summed E-state index contributed by atoms with van der Waals surface area (Å²) in [6.07, 6.45) is -8.34. The van der Waals surface area contributed by atoms with Crippen LogP contribution in [0.3, 0.4) is 0 Å². The van der Waals surface area contributed by atoms with Crippen molar-refractivity contribution in [3.63, 3.8) is 0 Å². The molecule has 0 aromatic heterocycles. The number of carbonyl (C=O) groups is 3. The normalized spacial score (nSPS) is 23.7. The van der Waals surface area contributed by atoms with Crippen molar-refractivity contribution in [2.24, 2.45) is 0 Å². The second-order valence-corrected chi connectivity index (χ2v) is 11.5. The third-order valence-electron chi connectivity index (χ3n) is 8.06. The predicted molar refractivity (Wildman–Crippen MR) is 169 cm³/mol. The van der Waals surface area contributed by atoms with E-state index >= 15 is 0 Å². The lowest BCUT2D eigenvalue weighted by Gasteiger charge is -2.38. The van der Waals surface area contributed by atoms with Crippen molar-refractivity contribution in [3.05, 3.63) is 83.4 Å². The molecule has 0 unspecified atom stereocenters. The molecule has 0 spiro atoms. The first kappa shape index (κ1) is 32.9. The molecule has 46 heavy (non-hydrogen) atoms. The number of aliphatic hydroxyl groups is 3. The zero-order chi connectivity index (χ0) is 33.0.